The smallest absolute Gasteiger partial charge is 0.328 e. The molecule has 0 aliphatic heterocycles. The van der Waals surface area contributed by atoms with Crippen LogP contribution in [0.3, 0.4) is 0 Å². The van der Waals surface area contributed by atoms with Crippen LogP contribution in [0, 0.1) is 5.92 Å². The van der Waals surface area contributed by atoms with Crippen molar-refractivity contribution >= 4 is 29.7 Å². The molecule has 0 bridgehead atoms. The van der Waals surface area contributed by atoms with Crippen LogP contribution in [0.5, 0.6) is 0 Å². The molecule has 6 unspecified atom stereocenters. The van der Waals surface area contributed by atoms with Gasteiger partial charge in [0, 0.05) is 6.42 Å². The summed E-state index contributed by atoms with van der Waals surface area (Å²) in [5.41, 5.74) is 5.53. The number of rotatable bonds is 14. The van der Waals surface area contributed by atoms with E-state index in [1.807, 2.05) is 0 Å². The Kier molecular flexibility index (Phi) is 12.3. The van der Waals surface area contributed by atoms with Gasteiger partial charge in [0.2, 0.25) is 17.7 Å². The molecule has 13 heteroatoms. The summed E-state index contributed by atoms with van der Waals surface area (Å²) in [4.78, 5) is 59.3. The molecule has 9 N–H and O–H groups in total. The quantitative estimate of drug-likeness (QED) is 0.135. The predicted octanol–water partition coefficient (Wildman–Crippen LogP) is -2.86. The average molecular weight is 448 g/mol. The molecule has 0 rings (SSSR count). The zero-order valence-electron chi connectivity index (χ0n) is 17.7. The normalized spacial score (nSPS) is 16.7. The third-order valence-corrected chi connectivity index (χ3v) is 4.69. The van der Waals surface area contributed by atoms with Crippen LogP contribution < -0.4 is 21.7 Å². The number of carboxylic acid groups (broad SMARTS) is 2. The SMILES string of the molecule is CCC(C)C(NC(=O)C(CCC(=O)O)NC(=O)C(N)C(C)O)C(=O)NC(CO)C(=O)O. The first-order valence-corrected chi connectivity index (χ1v) is 9.75. The van der Waals surface area contributed by atoms with Gasteiger partial charge in [-0.25, -0.2) is 4.79 Å². The number of hydrogen-bond donors (Lipinski definition) is 8. The number of nitrogens with one attached hydrogen (secondary N) is 3. The molecule has 0 fully saturated rings. The highest BCUT2D eigenvalue weighted by Gasteiger charge is 2.33. The fourth-order valence-corrected chi connectivity index (χ4v) is 2.43. The molecule has 0 radical (unpaired) electrons. The molecular weight excluding hydrogens is 416 g/mol. The molecule has 0 aromatic heterocycles. The zero-order chi connectivity index (χ0) is 24.3. The lowest BCUT2D eigenvalue weighted by Crippen LogP contribution is -2.59. The zero-order valence-corrected chi connectivity index (χ0v) is 17.7. The molecule has 0 saturated heterocycles. The summed E-state index contributed by atoms with van der Waals surface area (Å²) in [6, 6.07) is -5.54. The van der Waals surface area contributed by atoms with Gasteiger partial charge in [0.1, 0.15) is 24.2 Å². The van der Waals surface area contributed by atoms with Gasteiger partial charge in [-0.3, -0.25) is 19.2 Å². The highest BCUT2D eigenvalue weighted by Crippen LogP contribution is 2.10. The fourth-order valence-electron chi connectivity index (χ4n) is 2.43. The van der Waals surface area contributed by atoms with Crippen molar-refractivity contribution in [3.63, 3.8) is 0 Å². The molecule has 0 aliphatic carbocycles. The van der Waals surface area contributed by atoms with Crippen LogP contribution in [0.15, 0.2) is 0 Å². The van der Waals surface area contributed by atoms with Crippen molar-refractivity contribution in [3.05, 3.63) is 0 Å². The van der Waals surface area contributed by atoms with Gasteiger partial charge in [0.25, 0.3) is 0 Å². The van der Waals surface area contributed by atoms with Gasteiger partial charge < -0.3 is 42.1 Å². The van der Waals surface area contributed by atoms with Gasteiger partial charge in [-0.15, -0.1) is 0 Å². The Morgan fingerprint density at radius 3 is 1.87 bits per heavy atom. The lowest BCUT2D eigenvalue weighted by atomic mass is 9.97. The minimum Gasteiger partial charge on any atom is -0.481 e. The number of carbonyl (C=O) groups excluding carboxylic acids is 3. The maximum atomic E-state index is 12.7. The highest BCUT2D eigenvalue weighted by atomic mass is 16.4. The van der Waals surface area contributed by atoms with Crippen molar-refractivity contribution in [2.45, 2.75) is 70.3 Å². The lowest BCUT2D eigenvalue weighted by molar-refractivity contribution is -0.143. The lowest BCUT2D eigenvalue weighted by Gasteiger charge is -2.28. The number of aliphatic hydroxyl groups excluding tert-OH is 2. The maximum absolute atomic E-state index is 12.7. The highest BCUT2D eigenvalue weighted by molar-refractivity contribution is 5.94. The maximum Gasteiger partial charge on any atom is 0.328 e. The topological polar surface area (TPSA) is 228 Å². The Morgan fingerprint density at radius 1 is 0.903 bits per heavy atom. The fraction of sp³-hybridized carbons (Fsp3) is 0.722. The number of carbonyl (C=O) groups is 5. The van der Waals surface area contributed by atoms with E-state index >= 15 is 0 Å². The minimum atomic E-state index is -1.58. The minimum absolute atomic E-state index is 0.317. The van der Waals surface area contributed by atoms with Crippen LogP contribution in [0.4, 0.5) is 0 Å². The third kappa shape index (κ3) is 9.72. The second-order valence-corrected chi connectivity index (χ2v) is 7.21. The van der Waals surface area contributed by atoms with Crippen LogP contribution >= 0.6 is 0 Å². The first-order valence-electron chi connectivity index (χ1n) is 9.75. The molecule has 13 nitrogen and oxygen atoms in total. The van der Waals surface area contributed by atoms with Crippen molar-refractivity contribution in [1.29, 1.82) is 0 Å². The van der Waals surface area contributed by atoms with Crippen molar-refractivity contribution < 1.29 is 44.4 Å². The molecule has 178 valence electrons. The molecule has 0 saturated carbocycles. The van der Waals surface area contributed by atoms with E-state index in [4.69, 9.17) is 21.1 Å². The van der Waals surface area contributed by atoms with Gasteiger partial charge in [-0.1, -0.05) is 20.3 Å². The van der Waals surface area contributed by atoms with Crippen LogP contribution in [-0.4, -0.2) is 87.0 Å². The molecule has 0 heterocycles. The summed E-state index contributed by atoms with van der Waals surface area (Å²) >= 11 is 0. The van der Waals surface area contributed by atoms with E-state index in [1.165, 1.54) is 6.92 Å². The summed E-state index contributed by atoms with van der Waals surface area (Å²) in [5.74, 6) is -5.81. The molecule has 0 aromatic carbocycles. The van der Waals surface area contributed by atoms with E-state index in [1.54, 1.807) is 13.8 Å². The van der Waals surface area contributed by atoms with Gasteiger partial charge >= 0.3 is 11.9 Å². The third-order valence-electron chi connectivity index (χ3n) is 4.69. The van der Waals surface area contributed by atoms with E-state index in [0.29, 0.717) is 6.42 Å². The monoisotopic (exact) mass is 448 g/mol. The van der Waals surface area contributed by atoms with E-state index in [2.05, 4.69) is 16.0 Å². The molecule has 3 amide bonds. The van der Waals surface area contributed by atoms with Crippen molar-refractivity contribution in [1.82, 2.24) is 16.0 Å². The number of amides is 3. The molecule has 31 heavy (non-hydrogen) atoms. The number of nitrogens with two attached hydrogens (primary N) is 1. The second-order valence-electron chi connectivity index (χ2n) is 7.21. The Balaban J connectivity index is 5.54. The summed E-state index contributed by atoms with van der Waals surface area (Å²) in [7, 11) is 0. The second kappa shape index (κ2) is 13.5. The molecular formula is C18H32N4O9. The average Bonchev–Trinajstić information content (AvgIpc) is 2.70. The Morgan fingerprint density at radius 2 is 1.45 bits per heavy atom. The number of carboxylic acids is 2. The van der Waals surface area contributed by atoms with Crippen molar-refractivity contribution in [2.24, 2.45) is 11.7 Å². The largest absolute Gasteiger partial charge is 0.481 e. The first-order chi connectivity index (χ1) is 14.3. The number of aliphatic hydroxyl groups is 2. The molecule has 6 atom stereocenters. The van der Waals surface area contributed by atoms with Crippen LogP contribution in [0.1, 0.15) is 40.0 Å². The Hall–Kier alpha value is -2.77. The standard InChI is InChI=1S/C18H32N4O9/c1-4-8(2)14(17(29)21-11(7-23)18(30)31)22-15(27)10(5-6-12(25)26)20-16(28)13(19)9(3)24/h8-11,13-14,23-24H,4-7,19H2,1-3H3,(H,20,28)(H,21,29)(H,22,27)(H,25,26)(H,30,31). The van der Waals surface area contributed by atoms with E-state index in [9.17, 15) is 29.1 Å². The number of aliphatic carboxylic acids is 2. The van der Waals surface area contributed by atoms with E-state index in [0.717, 1.165) is 0 Å². The van der Waals surface area contributed by atoms with Crippen LogP contribution in [-0.2, 0) is 24.0 Å². The molecule has 0 aliphatic rings. The summed E-state index contributed by atoms with van der Waals surface area (Å²) in [6.07, 6.45) is -1.61. The van der Waals surface area contributed by atoms with Crippen LogP contribution in [0.25, 0.3) is 0 Å². The van der Waals surface area contributed by atoms with Crippen LogP contribution in [0.2, 0.25) is 0 Å². The summed E-state index contributed by atoms with van der Waals surface area (Å²) in [5, 5.41) is 43.2. The number of hydrogen-bond acceptors (Lipinski definition) is 8. The van der Waals surface area contributed by atoms with Crippen molar-refractivity contribution in [2.75, 3.05) is 6.61 Å². The van der Waals surface area contributed by atoms with Gasteiger partial charge in [0.05, 0.1) is 12.7 Å². The van der Waals surface area contributed by atoms with Gasteiger partial charge in [-0.2, -0.15) is 0 Å². The van der Waals surface area contributed by atoms with Gasteiger partial charge in [-0.05, 0) is 19.3 Å². The summed E-state index contributed by atoms with van der Waals surface area (Å²) in [6.45, 7) is 3.74. The Labute approximate surface area is 179 Å². The predicted molar refractivity (Wildman–Crippen MR) is 106 cm³/mol. The summed E-state index contributed by atoms with van der Waals surface area (Å²) < 4.78 is 0. The molecule has 0 spiro atoms. The van der Waals surface area contributed by atoms with E-state index < -0.39 is 78.9 Å². The van der Waals surface area contributed by atoms with Crippen molar-refractivity contribution in [3.8, 4) is 0 Å². The van der Waals surface area contributed by atoms with Gasteiger partial charge in [0.15, 0.2) is 0 Å². The first kappa shape index (κ1) is 28.2. The molecule has 0 aromatic rings. The Bertz CT molecular complexity index is 656. The van der Waals surface area contributed by atoms with E-state index in [-0.39, 0.29) is 6.42 Å².